The molecule has 0 aromatic rings. The number of nitrogens with two attached hydrogens (primary N) is 1. The Balaban J connectivity index is 1.90. The van der Waals surface area contributed by atoms with E-state index in [1.165, 1.54) is 6.42 Å². The van der Waals surface area contributed by atoms with Gasteiger partial charge in [-0.05, 0) is 44.1 Å². The molecule has 1 heterocycles. The van der Waals surface area contributed by atoms with E-state index in [4.69, 9.17) is 5.73 Å². The van der Waals surface area contributed by atoms with E-state index in [9.17, 15) is 9.90 Å². The van der Waals surface area contributed by atoms with Crippen LogP contribution in [-0.4, -0.2) is 41.7 Å². The Hall–Kier alpha value is -0.610. The van der Waals surface area contributed by atoms with E-state index in [1.807, 2.05) is 4.90 Å². The number of piperidine rings is 1. The van der Waals surface area contributed by atoms with Gasteiger partial charge in [0.15, 0.2) is 0 Å². The molecule has 18 heavy (non-hydrogen) atoms. The second kappa shape index (κ2) is 6.02. The summed E-state index contributed by atoms with van der Waals surface area (Å²) in [6, 6.07) is 0. The van der Waals surface area contributed by atoms with Gasteiger partial charge in [0.2, 0.25) is 5.91 Å². The fraction of sp³-hybridized carbons (Fsp3) is 0.929. The lowest BCUT2D eigenvalue weighted by atomic mass is 9.80. The number of hydrogen-bond donors (Lipinski definition) is 2. The quantitative estimate of drug-likeness (QED) is 0.772. The third kappa shape index (κ3) is 3.04. The number of carbonyl (C=O) groups excluding carboxylic acids is 1. The maximum absolute atomic E-state index is 12.4. The molecule has 2 rings (SSSR count). The van der Waals surface area contributed by atoms with Crippen molar-refractivity contribution in [3.63, 3.8) is 0 Å². The van der Waals surface area contributed by atoms with Crippen molar-refractivity contribution in [3.8, 4) is 0 Å². The molecule has 4 atom stereocenters. The molecule has 0 bridgehead atoms. The Morgan fingerprint density at radius 1 is 1.39 bits per heavy atom. The number of β-amino-alcohol motifs (C(OH)–C–C–N with tert-alkyl or cyclic N) is 1. The molecule has 0 aromatic carbocycles. The highest BCUT2D eigenvalue weighted by Gasteiger charge is 2.33. The summed E-state index contributed by atoms with van der Waals surface area (Å²) < 4.78 is 0. The lowest BCUT2D eigenvalue weighted by Crippen LogP contribution is -2.48. The predicted molar refractivity (Wildman–Crippen MR) is 70.9 cm³/mol. The number of rotatable bonds is 2. The largest absolute Gasteiger partial charge is 0.391 e. The van der Waals surface area contributed by atoms with Crippen molar-refractivity contribution in [1.29, 1.82) is 0 Å². The van der Waals surface area contributed by atoms with Crippen LogP contribution < -0.4 is 5.73 Å². The predicted octanol–water partition coefficient (Wildman–Crippen LogP) is 0.981. The molecule has 2 fully saturated rings. The summed E-state index contributed by atoms with van der Waals surface area (Å²) in [6.45, 7) is 4.08. The molecule has 3 N–H and O–H groups in total. The van der Waals surface area contributed by atoms with Crippen LogP contribution in [0.1, 0.15) is 39.0 Å². The van der Waals surface area contributed by atoms with Crippen molar-refractivity contribution < 1.29 is 9.90 Å². The van der Waals surface area contributed by atoms with E-state index in [2.05, 4.69) is 6.92 Å². The SMILES string of the molecule is CC1CCN(C(=O)C2CCCC(CN)C2)CC1O. The van der Waals surface area contributed by atoms with Gasteiger partial charge in [0.25, 0.3) is 0 Å². The Morgan fingerprint density at radius 2 is 2.17 bits per heavy atom. The van der Waals surface area contributed by atoms with Crippen molar-refractivity contribution in [2.24, 2.45) is 23.5 Å². The van der Waals surface area contributed by atoms with E-state index in [1.54, 1.807) is 0 Å². The molecule has 1 amide bonds. The van der Waals surface area contributed by atoms with Crippen molar-refractivity contribution in [2.45, 2.75) is 45.1 Å². The van der Waals surface area contributed by atoms with Gasteiger partial charge in [-0.15, -0.1) is 0 Å². The summed E-state index contributed by atoms with van der Waals surface area (Å²) >= 11 is 0. The zero-order chi connectivity index (χ0) is 13.1. The highest BCUT2D eigenvalue weighted by Crippen LogP contribution is 2.30. The van der Waals surface area contributed by atoms with Gasteiger partial charge in [-0.2, -0.15) is 0 Å². The fourth-order valence-electron chi connectivity index (χ4n) is 3.24. The molecule has 4 unspecified atom stereocenters. The number of amides is 1. The molecule has 2 aliphatic rings. The Kier molecular flexibility index (Phi) is 4.62. The Bertz CT molecular complexity index is 288. The Labute approximate surface area is 110 Å². The zero-order valence-electron chi connectivity index (χ0n) is 11.3. The first-order chi connectivity index (χ1) is 8.61. The number of aliphatic hydroxyl groups excluding tert-OH is 1. The van der Waals surface area contributed by atoms with E-state index in [0.717, 1.165) is 32.2 Å². The average molecular weight is 254 g/mol. The van der Waals surface area contributed by atoms with Crippen molar-refractivity contribution in [3.05, 3.63) is 0 Å². The maximum Gasteiger partial charge on any atom is 0.225 e. The third-order valence-corrected chi connectivity index (χ3v) is 4.70. The van der Waals surface area contributed by atoms with Gasteiger partial charge in [0, 0.05) is 19.0 Å². The summed E-state index contributed by atoms with van der Waals surface area (Å²) in [6.07, 6.45) is 4.79. The molecule has 0 spiro atoms. The first-order valence-electron chi connectivity index (χ1n) is 7.28. The van der Waals surface area contributed by atoms with Gasteiger partial charge in [-0.25, -0.2) is 0 Å². The topological polar surface area (TPSA) is 66.6 Å². The van der Waals surface area contributed by atoms with E-state index >= 15 is 0 Å². The third-order valence-electron chi connectivity index (χ3n) is 4.70. The number of carbonyl (C=O) groups is 1. The van der Waals surface area contributed by atoms with E-state index < -0.39 is 0 Å². The van der Waals surface area contributed by atoms with Crippen molar-refractivity contribution in [2.75, 3.05) is 19.6 Å². The summed E-state index contributed by atoms with van der Waals surface area (Å²) in [7, 11) is 0. The van der Waals surface area contributed by atoms with Crippen molar-refractivity contribution >= 4 is 5.91 Å². The second-order valence-electron chi connectivity index (χ2n) is 6.08. The van der Waals surface area contributed by atoms with Crippen LogP contribution in [-0.2, 0) is 4.79 Å². The Morgan fingerprint density at radius 3 is 2.83 bits per heavy atom. The number of aliphatic hydroxyl groups is 1. The molecule has 4 heteroatoms. The van der Waals surface area contributed by atoms with Gasteiger partial charge in [0.05, 0.1) is 6.10 Å². The first kappa shape index (κ1) is 13.8. The maximum atomic E-state index is 12.4. The number of nitrogens with zero attached hydrogens (tertiary/aromatic N) is 1. The molecule has 1 saturated carbocycles. The minimum absolute atomic E-state index is 0.146. The first-order valence-corrected chi connectivity index (χ1v) is 7.28. The van der Waals surface area contributed by atoms with Crippen LogP contribution in [0.2, 0.25) is 0 Å². The molecule has 4 nitrogen and oxygen atoms in total. The standard InChI is InChI=1S/C14H26N2O2/c1-10-5-6-16(9-13(10)17)14(18)12-4-2-3-11(7-12)8-15/h10-13,17H,2-9,15H2,1H3. The molecule has 1 aliphatic carbocycles. The van der Waals surface area contributed by atoms with E-state index in [-0.39, 0.29) is 17.9 Å². The summed E-state index contributed by atoms with van der Waals surface area (Å²) in [5, 5.41) is 9.88. The van der Waals surface area contributed by atoms with Gasteiger partial charge in [-0.3, -0.25) is 4.79 Å². The highest BCUT2D eigenvalue weighted by molar-refractivity contribution is 5.79. The molecule has 1 saturated heterocycles. The fourth-order valence-corrected chi connectivity index (χ4v) is 3.24. The van der Waals surface area contributed by atoms with Crippen molar-refractivity contribution in [1.82, 2.24) is 4.90 Å². The molecule has 104 valence electrons. The van der Waals surface area contributed by atoms with Gasteiger partial charge >= 0.3 is 0 Å². The minimum Gasteiger partial charge on any atom is -0.391 e. The normalized spacial score (nSPS) is 37.6. The molecule has 1 aliphatic heterocycles. The molecule has 0 radical (unpaired) electrons. The summed E-state index contributed by atoms with van der Waals surface area (Å²) in [5.74, 6) is 1.23. The van der Waals surface area contributed by atoms with Crippen LogP contribution in [0.5, 0.6) is 0 Å². The zero-order valence-corrected chi connectivity index (χ0v) is 11.3. The average Bonchev–Trinajstić information content (AvgIpc) is 2.41. The van der Waals surface area contributed by atoms with Gasteiger partial charge in [0.1, 0.15) is 0 Å². The summed E-state index contributed by atoms with van der Waals surface area (Å²) in [4.78, 5) is 14.3. The monoisotopic (exact) mass is 254 g/mol. The van der Waals surface area contributed by atoms with Crippen LogP contribution in [0, 0.1) is 17.8 Å². The van der Waals surface area contributed by atoms with E-state index in [0.29, 0.717) is 24.9 Å². The minimum atomic E-state index is -0.350. The van der Waals surface area contributed by atoms with Gasteiger partial charge in [-0.1, -0.05) is 13.3 Å². The summed E-state index contributed by atoms with van der Waals surface area (Å²) in [5.41, 5.74) is 5.72. The molecule has 0 aromatic heterocycles. The number of hydrogen-bond acceptors (Lipinski definition) is 3. The lowest BCUT2D eigenvalue weighted by Gasteiger charge is -2.38. The number of likely N-dealkylation sites (tertiary alicyclic amines) is 1. The van der Waals surface area contributed by atoms with Crippen LogP contribution >= 0.6 is 0 Å². The molecular weight excluding hydrogens is 228 g/mol. The van der Waals surface area contributed by atoms with Crippen LogP contribution in [0.3, 0.4) is 0 Å². The van der Waals surface area contributed by atoms with Crippen LogP contribution in [0.15, 0.2) is 0 Å². The molecular formula is C14H26N2O2. The highest BCUT2D eigenvalue weighted by atomic mass is 16.3. The van der Waals surface area contributed by atoms with Crippen LogP contribution in [0.4, 0.5) is 0 Å². The smallest absolute Gasteiger partial charge is 0.225 e. The second-order valence-corrected chi connectivity index (χ2v) is 6.08. The lowest BCUT2D eigenvalue weighted by molar-refractivity contribution is -0.141. The van der Waals surface area contributed by atoms with Gasteiger partial charge < -0.3 is 15.7 Å². The van der Waals surface area contributed by atoms with Crippen LogP contribution in [0.25, 0.3) is 0 Å².